The van der Waals surface area contributed by atoms with E-state index in [1.165, 1.54) is 11.1 Å². The summed E-state index contributed by atoms with van der Waals surface area (Å²) in [4.78, 5) is 29.3. The summed E-state index contributed by atoms with van der Waals surface area (Å²) in [6.45, 7) is 1.69. The number of benzene rings is 2. The second-order valence-corrected chi connectivity index (χ2v) is 7.22. The highest BCUT2D eigenvalue weighted by molar-refractivity contribution is 6.01. The van der Waals surface area contributed by atoms with Gasteiger partial charge in [-0.25, -0.2) is 0 Å². The third-order valence-corrected chi connectivity index (χ3v) is 5.59. The predicted molar refractivity (Wildman–Crippen MR) is 106 cm³/mol. The van der Waals surface area contributed by atoms with Crippen molar-refractivity contribution < 1.29 is 19.1 Å². The maximum atomic E-state index is 13.1. The highest BCUT2D eigenvalue weighted by atomic mass is 16.5. The largest absolute Gasteiger partial charge is 0.497 e. The van der Waals surface area contributed by atoms with Gasteiger partial charge in [0, 0.05) is 32.1 Å². The Labute approximate surface area is 164 Å². The van der Waals surface area contributed by atoms with E-state index in [1.54, 1.807) is 37.3 Å². The number of carbonyl (C=O) groups excluding carboxylic acids is 2. The predicted octanol–water partition coefficient (Wildman–Crippen LogP) is 2.64. The Kier molecular flexibility index (Phi) is 4.94. The van der Waals surface area contributed by atoms with E-state index in [0.717, 1.165) is 6.42 Å². The molecule has 0 aliphatic carbocycles. The summed E-state index contributed by atoms with van der Waals surface area (Å²) >= 11 is 0. The van der Waals surface area contributed by atoms with Crippen LogP contribution in [0.3, 0.4) is 0 Å². The van der Waals surface area contributed by atoms with E-state index in [1.807, 2.05) is 17.0 Å². The molecule has 4 rings (SSSR count). The van der Waals surface area contributed by atoms with Crippen molar-refractivity contribution in [1.82, 2.24) is 4.90 Å². The van der Waals surface area contributed by atoms with Gasteiger partial charge in [-0.2, -0.15) is 0 Å². The van der Waals surface area contributed by atoms with Crippen molar-refractivity contribution in [2.75, 3.05) is 32.2 Å². The maximum absolute atomic E-state index is 13.1. The molecular weight excluding hydrogens is 356 g/mol. The molecule has 2 heterocycles. The van der Waals surface area contributed by atoms with Gasteiger partial charge < -0.3 is 19.3 Å². The number of nitrogens with zero attached hydrogens (tertiary/aromatic N) is 2. The number of anilines is 1. The molecule has 2 amide bonds. The van der Waals surface area contributed by atoms with Crippen LogP contribution in [0.15, 0.2) is 42.5 Å². The number of ether oxygens (including phenoxy) is 2. The molecule has 28 heavy (non-hydrogen) atoms. The Morgan fingerprint density at radius 2 is 1.86 bits per heavy atom. The fraction of sp³-hybridized carbons (Fsp3) is 0.364. The smallest absolute Gasteiger partial charge is 0.228 e. The molecule has 0 radical (unpaired) electrons. The first-order chi connectivity index (χ1) is 13.6. The molecule has 0 spiro atoms. The lowest BCUT2D eigenvalue weighted by Crippen LogP contribution is -2.40. The molecule has 1 fully saturated rings. The molecule has 0 N–H and O–H groups in total. The number of methoxy groups -OCH3 is 2. The Morgan fingerprint density at radius 3 is 2.61 bits per heavy atom. The number of rotatable bonds is 4. The molecule has 1 unspecified atom stereocenters. The van der Waals surface area contributed by atoms with E-state index in [-0.39, 0.29) is 24.2 Å². The summed E-state index contributed by atoms with van der Waals surface area (Å²) in [6, 6.07) is 13.6. The topological polar surface area (TPSA) is 59.1 Å². The fourth-order valence-electron chi connectivity index (χ4n) is 4.06. The lowest BCUT2D eigenvalue weighted by atomic mass is 9.98. The molecule has 2 aliphatic rings. The van der Waals surface area contributed by atoms with Crippen LogP contribution >= 0.6 is 0 Å². The molecule has 0 bridgehead atoms. The number of fused-ring (bicyclic) bond motifs is 1. The second kappa shape index (κ2) is 7.54. The molecule has 2 aromatic rings. The molecule has 1 atom stereocenters. The first kappa shape index (κ1) is 18.3. The fourth-order valence-corrected chi connectivity index (χ4v) is 4.06. The molecular formula is C22H24N2O4. The van der Waals surface area contributed by atoms with Gasteiger partial charge in [-0.3, -0.25) is 9.59 Å². The molecule has 1 saturated heterocycles. The van der Waals surface area contributed by atoms with E-state index >= 15 is 0 Å². The van der Waals surface area contributed by atoms with Crippen molar-refractivity contribution in [3.63, 3.8) is 0 Å². The van der Waals surface area contributed by atoms with Crippen molar-refractivity contribution in [1.29, 1.82) is 0 Å². The number of hydrogen-bond acceptors (Lipinski definition) is 4. The molecule has 2 aromatic carbocycles. The lowest BCUT2D eigenvalue weighted by Gasteiger charge is -2.30. The van der Waals surface area contributed by atoms with Gasteiger partial charge in [0.25, 0.3) is 0 Å². The van der Waals surface area contributed by atoms with Crippen LogP contribution in [-0.4, -0.2) is 44.0 Å². The van der Waals surface area contributed by atoms with Gasteiger partial charge in [0.1, 0.15) is 11.5 Å². The standard InChI is InChI=1S/C22H24N2O4/c1-27-18-7-8-19(20(12-18)28-2)24-14-17(11-21(24)25)22(26)23-10-9-15-5-3-4-6-16(15)13-23/h3-8,12,17H,9-11,13-14H2,1-2H3. The highest BCUT2D eigenvalue weighted by Gasteiger charge is 2.38. The minimum absolute atomic E-state index is 0.0535. The van der Waals surface area contributed by atoms with Gasteiger partial charge in [-0.05, 0) is 29.7 Å². The zero-order valence-corrected chi connectivity index (χ0v) is 16.2. The van der Waals surface area contributed by atoms with Crippen molar-refractivity contribution in [2.24, 2.45) is 5.92 Å². The first-order valence-electron chi connectivity index (χ1n) is 9.48. The minimum Gasteiger partial charge on any atom is -0.497 e. The van der Waals surface area contributed by atoms with E-state index in [0.29, 0.717) is 36.8 Å². The Balaban J connectivity index is 1.50. The van der Waals surface area contributed by atoms with Crippen LogP contribution in [0.25, 0.3) is 0 Å². The monoisotopic (exact) mass is 380 g/mol. The van der Waals surface area contributed by atoms with E-state index in [2.05, 4.69) is 12.1 Å². The van der Waals surface area contributed by atoms with Crippen molar-refractivity contribution in [3.05, 3.63) is 53.6 Å². The summed E-state index contributed by atoms with van der Waals surface area (Å²) in [5.74, 6) is 0.890. The summed E-state index contributed by atoms with van der Waals surface area (Å²) in [7, 11) is 3.15. The number of carbonyl (C=O) groups is 2. The molecule has 146 valence electrons. The molecule has 2 aliphatic heterocycles. The normalized spacial score (nSPS) is 18.8. The number of amides is 2. The van der Waals surface area contributed by atoms with Gasteiger partial charge in [-0.1, -0.05) is 24.3 Å². The molecule has 0 saturated carbocycles. The van der Waals surface area contributed by atoms with Crippen LogP contribution in [0.4, 0.5) is 5.69 Å². The van der Waals surface area contributed by atoms with Crippen LogP contribution in [0.5, 0.6) is 11.5 Å². The third kappa shape index (κ3) is 3.30. The van der Waals surface area contributed by atoms with Gasteiger partial charge >= 0.3 is 0 Å². The third-order valence-electron chi connectivity index (χ3n) is 5.59. The first-order valence-corrected chi connectivity index (χ1v) is 9.48. The van der Waals surface area contributed by atoms with Gasteiger partial charge in [0.05, 0.1) is 25.8 Å². The maximum Gasteiger partial charge on any atom is 0.228 e. The van der Waals surface area contributed by atoms with Crippen LogP contribution in [0, 0.1) is 5.92 Å². The average Bonchev–Trinajstić information content (AvgIpc) is 3.13. The van der Waals surface area contributed by atoms with E-state index in [4.69, 9.17) is 9.47 Å². The summed E-state index contributed by atoms with van der Waals surface area (Å²) in [5, 5.41) is 0. The van der Waals surface area contributed by atoms with Crippen molar-refractivity contribution >= 4 is 17.5 Å². The zero-order chi connectivity index (χ0) is 19.7. The van der Waals surface area contributed by atoms with Gasteiger partial charge in [0.15, 0.2) is 0 Å². The molecule has 6 nitrogen and oxygen atoms in total. The molecule has 0 aromatic heterocycles. The zero-order valence-electron chi connectivity index (χ0n) is 16.2. The summed E-state index contributed by atoms with van der Waals surface area (Å²) < 4.78 is 10.7. The van der Waals surface area contributed by atoms with E-state index < -0.39 is 0 Å². The summed E-state index contributed by atoms with van der Waals surface area (Å²) in [5.41, 5.74) is 3.17. The highest BCUT2D eigenvalue weighted by Crippen LogP contribution is 2.36. The van der Waals surface area contributed by atoms with Gasteiger partial charge in [0.2, 0.25) is 11.8 Å². The van der Waals surface area contributed by atoms with Crippen LogP contribution < -0.4 is 14.4 Å². The van der Waals surface area contributed by atoms with Gasteiger partial charge in [-0.15, -0.1) is 0 Å². The van der Waals surface area contributed by atoms with Crippen molar-refractivity contribution in [3.8, 4) is 11.5 Å². The Morgan fingerprint density at radius 1 is 1.07 bits per heavy atom. The Hall–Kier alpha value is -3.02. The SMILES string of the molecule is COc1ccc(N2CC(C(=O)N3CCc4ccccc4C3)CC2=O)c(OC)c1. The lowest BCUT2D eigenvalue weighted by molar-refractivity contribution is -0.136. The van der Waals surface area contributed by atoms with Crippen LogP contribution in [-0.2, 0) is 22.6 Å². The van der Waals surface area contributed by atoms with Crippen LogP contribution in [0.2, 0.25) is 0 Å². The number of hydrogen-bond donors (Lipinski definition) is 0. The molecule has 6 heteroatoms. The average molecular weight is 380 g/mol. The van der Waals surface area contributed by atoms with Crippen LogP contribution in [0.1, 0.15) is 17.5 Å². The summed E-state index contributed by atoms with van der Waals surface area (Å²) in [6.07, 6.45) is 1.09. The van der Waals surface area contributed by atoms with Crippen molar-refractivity contribution in [2.45, 2.75) is 19.4 Å². The Bertz CT molecular complexity index is 911. The second-order valence-electron chi connectivity index (χ2n) is 7.22. The minimum atomic E-state index is -0.329. The quantitative estimate of drug-likeness (QED) is 0.818. The van der Waals surface area contributed by atoms with E-state index in [9.17, 15) is 9.59 Å².